The zero-order chi connectivity index (χ0) is 25.6. The molecule has 0 N–H and O–H groups in total. The Kier molecular flexibility index (Phi) is 8.71. The van der Waals surface area contributed by atoms with Crippen LogP contribution in [0, 0.1) is 17.8 Å². The van der Waals surface area contributed by atoms with E-state index >= 15 is 0 Å². The van der Waals surface area contributed by atoms with Crippen molar-refractivity contribution >= 4 is 18.0 Å². The number of carbonyl (C=O) groups is 3. The lowest BCUT2D eigenvalue weighted by Crippen LogP contribution is -2.48. The fourth-order valence-corrected chi connectivity index (χ4v) is 4.53. The van der Waals surface area contributed by atoms with E-state index in [-0.39, 0.29) is 18.4 Å². The molecular weight excluding hydrogens is 442 g/mol. The number of cyclic esters (lactones) is 1. The van der Waals surface area contributed by atoms with Crippen LogP contribution >= 0.6 is 0 Å². The Bertz CT molecular complexity index is 997. The normalized spacial score (nSPS) is 17.7. The SMILES string of the molecule is CC(C)C[C@@H](C(=O)N1C(=O)OC[C@@H]1Cc1ccccc1)[C@@H](Cc1ccccc1)C(=O)OC(C)(C)C. The molecular formula is C29H37NO5. The van der Waals surface area contributed by atoms with Crippen molar-refractivity contribution in [2.24, 2.45) is 17.8 Å². The van der Waals surface area contributed by atoms with Crippen molar-refractivity contribution in [3.63, 3.8) is 0 Å². The quantitative estimate of drug-likeness (QED) is 0.448. The van der Waals surface area contributed by atoms with Gasteiger partial charge in [0.2, 0.25) is 5.91 Å². The molecule has 1 heterocycles. The molecule has 0 saturated carbocycles. The topological polar surface area (TPSA) is 72.9 Å². The van der Waals surface area contributed by atoms with Crippen LogP contribution in [0.15, 0.2) is 60.7 Å². The number of hydrogen-bond acceptors (Lipinski definition) is 5. The molecule has 0 aromatic heterocycles. The van der Waals surface area contributed by atoms with Crippen LogP contribution in [0.2, 0.25) is 0 Å². The molecule has 0 unspecified atom stereocenters. The van der Waals surface area contributed by atoms with Gasteiger partial charge in [-0.15, -0.1) is 0 Å². The smallest absolute Gasteiger partial charge is 0.416 e. The number of ether oxygens (including phenoxy) is 2. The van der Waals surface area contributed by atoms with Crippen molar-refractivity contribution in [3.8, 4) is 0 Å². The predicted octanol–water partition coefficient (Wildman–Crippen LogP) is 5.44. The molecule has 2 amide bonds. The summed E-state index contributed by atoms with van der Waals surface area (Å²) in [5, 5.41) is 0. The van der Waals surface area contributed by atoms with E-state index in [0.29, 0.717) is 19.3 Å². The molecule has 6 nitrogen and oxygen atoms in total. The molecule has 2 aromatic rings. The van der Waals surface area contributed by atoms with Crippen LogP contribution in [0.25, 0.3) is 0 Å². The molecule has 1 fully saturated rings. The van der Waals surface area contributed by atoms with Gasteiger partial charge in [0.15, 0.2) is 0 Å². The van der Waals surface area contributed by atoms with Crippen LogP contribution in [0.4, 0.5) is 4.79 Å². The minimum absolute atomic E-state index is 0.135. The summed E-state index contributed by atoms with van der Waals surface area (Å²) in [5.41, 5.74) is 1.26. The van der Waals surface area contributed by atoms with Gasteiger partial charge in [0.05, 0.1) is 17.9 Å². The van der Waals surface area contributed by atoms with Crippen LogP contribution in [0.5, 0.6) is 0 Å². The summed E-state index contributed by atoms with van der Waals surface area (Å²) in [5.74, 6) is -2.09. The van der Waals surface area contributed by atoms with E-state index < -0.39 is 35.5 Å². The third-order valence-electron chi connectivity index (χ3n) is 6.05. The first-order valence-electron chi connectivity index (χ1n) is 12.4. The highest BCUT2D eigenvalue weighted by atomic mass is 16.6. The highest BCUT2D eigenvalue weighted by Gasteiger charge is 2.45. The van der Waals surface area contributed by atoms with Gasteiger partial charge in [-0.1, -0.05) is 74.5 Å². The van der Waals surface area contributed by atoms with Crippen molar-refractivity contribution < 1.29 is 23.9 Å². The average molecular weight is 480 g/mol. The van der Waals surface area contributed by atoms with Gasteiger partial charge in [-0.3, -0.25) is 9.59 Å². The van der Waals surface area contributed by atoms with E-state index in [0.717, 1.165) is 11.1 Å². The third-order valence-corrected chi connectivity index (χ3v) is 6.05. The van der Waals surface area contributed by atoms with Gasteiger partial charge in [-0.05, 0) is 57.1 Å². The second kappa shape index (κ2) is 11.5. The molecule has 2 aromatic carbocycles. The summed E-state index contributed by atoms with van der Waals surface area (Å²) in [6.45, 7) is 9.62. The van der Waals surface area contributed by atoms with E-state index in [2.05, 4.69) is 0 Å². The largest absolute Gasteiger partial charge is 0.460 e. The summed E-state index contributed by atoms with van der Waals surface area (Å²) >= 11 is 0. The van der Waals surface area contributed by atoms with Crippen LogP contribution in [0.3, 0.4) is 0 Å². The number of rotatable bonds is 9. The molecule has 3 rings (SSSR count). The average Bonchev–Trinajstić information content (AvgIpc) is 3.15. The maximum Gasteiger partial charge on any atom is 0.416 e. The number of benzene rings is 2. The molecule has 0 radical (unpaired) electrons. The highest BCUT2D eigenvalue weighted by molar-refractivity contribution is 5.96. The number of nitrogens with zero attached hydrogens (tertiary/aromatic N) is 1. The van der Waals surface area contributed by atoms with Gasteiger partial charge >= 0.3 is 12.1 Å². The molecule has 35 heavy (non-hydrogen) atoms. The standard InChI is InChI=1S/C29H37NO5/c1-20(2)16-24(25(27(32)35-29(3,4)5)18-22-14-10-7-11-15-22)26(31)30-23(19-34-28(30)33)17-21-12-8-6-9-13-21/h6-15,20,23-25H,16-19H2,1-5H3/t23-,24+,25+/m0/s1. The number of hydrogen-bond donors (Lipinski definition) is 0. The van der Waals surface area contributed by atoms with Crippen molar-refractivity contribution in [2.75, 3.05) is 6.61 Å². The Morgan fingerprint density at radius 1 is 0.971 bits per heavy atom. The van der Waals surface area contributed by atoms with Gasteiger partial charge in [0.1, 0.15) is 12.2 Å². The molecule has 188 valence electrons. The minimum atomic E-state index is -0.725. The van der Waals surface area contributed by atoms with E-state index in [1.807, 2.05) is 95.3 Å². The monoisotopic (exact) mass is 479 g/mol. The lowest BCUT2D eigenvalue weighted by atomic mass is 9.80. The summed E-state index contributed by atoms with van der Waals surface area (Å²) in [7, 11) is 0. The summed E-state index contributed by atoms with van der Waals surface area (Å²) < 4.78 is 11.1. The number of amides is 2. The highest BCUT2D eigenvalue weighted by Crippen LogP contribution is 2.31. The third kappa shape index (κ3) is 7.41. The number of imide groups is 1. The lowest BCUT2D eigenvalue weighted by molar-refractivity contribution is -0.165. The van der Waals surface area contributed by atoms with Crippen LogP contribution < -0.4 is 0 Å². The van der Waals surface area contributed by atoms with Crippen molar-refractivity contribution in [2.45, 2.75) is 65.5 Å². The second-order valence-electron chi connectivity index (χ2n) is 10.7. The lowest BCUT2D eigenvalue weighted by Gasteiger charge is -2.32. The number of esters is 1. The fourth-order valence-electron chi connectivity index (χ4n) is 4.53. The van der Waals surface area contributed by atoms with Gasteiger partial charge in [-0.2, -0.15) is 0 Å². The van der Waals surface area contributed by atoms with Crippen LogP contribution in [0.1, 0.15) is 52.2 Å². The second-order valence-corrected chi connectivity index (χ2v) is 10.7. The van der Waals surface area contributed by atoms with Crippen molar-refractivity contribution in [1.29, 1.82) is 0 Å². The molecule has 1 aliphatic heterocycles. The van der Waals surface area contributed by atoms with E-state index in [1.165, 1.54) is 4.90 Å². The maximum absolute atomic E-state index is 14.0. The zero-order valence-corrected chi connectivity index (χ0v) is 21.4. The predicted molar refractivity (Wildman–Crippen MR) is 135 cm³/mol. The summed E-state index contributed by atoms with van der Waals surface area (Å²) in [6.07, 6.45) is 0.665. The van der Waals surface area contributed by atoms with Gasteiger partial charge in [0, 0.05) is 0 Å². The zero-order valence-electron chi connectivity index (χ0n) is 21.4. The summed E-state index contributed by atoms with van der Waals surface area (Å²) in [4.78, 5) is 41.5. The Hall–Kier alpha value is -3.15. The van der Waals surface area contributed by atoms with Crippen LogP contribution in [-0.4, -0.2) is 41.1 Å². The molecule has 1 saturated heterocycles. The van der Waals surface area contributed by atoms with E-state index in [4.69, 9.17) is 9.47 Å². The minimum Gasteiger partial charge on any atom is -0.460 e. The Labute approximate surface area is 208 Å². The first kappa shape index (κ1) is 26.5. The maximum atomic E-state index is 14.0. The van der Waals surface area contributed by atoms with E-state index in [1.54, 1.807) is 0 Å². The first-order valence-corrected chi connectivity index (χ1v) is 12.4. The Morgan fingerprint density at radius 3 is 2.09 bits per heavy atom. The molecule has 0 spiro atoms. The molecule has 0 aliphatic carbocycles. The van der Waals surface area contributed by atoms with Gasteiger partial charge < -0.3 is 9.47 Å². The van der Waals surface area contributed by atoms with E-state index in [9.17, 15) is 14.4 Å². The Morgan fingerprint density at radius 2 is 1.54 bits per heavy atom. The first-order chi connectivity index (χ1) is 16.5. The molecule has 3 atom stereocenters. The van der Waals surface area contributed by atoms with Crippen molar-refractivity contribution in [1.82, 2.24) is 4.90 Å². The van der Waals surface area contributed by atoms with Crippen molar-refractivity contribution in [3.05, 3.63) is 71.8 Å². The molecule has 6 heteroatoms. The number of carbonyl (C=O) groups excluding carboxylic acids is 3. The summed E-state index contributed by atoms with van der Waals surface area (Å²) in [6, 6.07) is 18.9. The van der Waals surface area contributed by atoms with Gasteiger partial charge in [-0.25, -0.2) is 9.69 Å². The fraction of sp³-hybridized carbons (Fsp3) is 0.483. The van der Waals surface area contributed by atoms with Crippen LogP contribution in [-0.2, 0) is 31.9 Å². The Balaban J connectivity index is 1.94. The molecule has 0 bridgehead atoms. The van der Waals surface area contributed by atoms with Gasteiger partial charge in [0.25, 0.3) is 0 Å². The molecule has 1 aliphatic rings.